The van der Waals surface area contributed by atoms with Crippen molar-refractivity contribution >= 4 is 28.2 Å². The fraction of sp³-hybridized carbons (Fsp3) is 1.00. The van der Waals surface area contributed by atoms with E-state index in [1.54, 1.807) is 41.5 Å². The molecule has 0 radical (unpaired) electrons. The Balaban J connectivity index is 6.30. The van der Waals surface area contributed by atoms with E-state index in [1.807, 2.05) is 0 Å². The maximum absolute atomic E-state index is 12.4. The van der Waals surface area contributed by atoms with Crippen molar-refractivity contribution in [2.45, 2.75) is 76.1 Å². The van der Waals surface area contributed by atoms with Gasteiger partial charge in [0.2, 0.25) is 4.32 Å². The van der Waals surface area contributed by atoms with Crippen molar-refractivity contribution in [3.05, 3.63) is 0 Å². The zero-order chi connectivity index (χ0) is 17.4. The highest BCUT2D eigenvalue weighted by Crippen LogP contribution is 2.65. The first-order valence-electron chi connectivity index (χ1n) is 6.58. The lowest BCUT2D eigenvalue weighted by Crippen LogP contribution is -2.41. The van der Waals surface area contributed by atoms with Gasteiger partial charge in [0.05, 0.1) is 6.10 Å². The molecule has 9 heteroatoms. The quantitative estimate of drug-likeness (QED) is 0.459. The first kappa shape index (κ1) is 21.2. The minimum absolute atomic E-state index is 0.610. The van der Waals surface area contributed by atoms with Gasteiger partial charge in [-0.1, -0.05) is 49.5 Å². The zero-order valence-electron chi connectivity index (χ0n) is 13.9. The van der Waals surface area contributed by atoms with Crippen molar-refractivity contribution < 1.29 is 25.6 Å². The molecule has 0 aliphatic rings. The average Bonchev–Trinajstić information content (AvgIpc) is 2.04. The van der Waals surface area contributed by atoms with Gasteiger partial charge in [-0.3, -0.25) is 8.74 Å². The van der Waals surface area contributed by atoms with Gasteiger partial charge in [-0.05, 0) is 24.2 Å². The molecule has 1 atom stereocenters. The van der Waals surface area contributed by atoms with E-state index in [0.717, 1.165) is 0 Å². The summed E-state index contributed by atoms with van der Waals surface area (Å²) >= 11 is 0. The molecule has 0 heterocycles. The lowest BCUT2D eigenvalue weighted by molar-refractivity contribution is 0.249. The SMILES string of the molecule is CC(C)OS(=O)(=O)C(P(C(C)(C)C)C(C)(C)C)S(=O)(=O)O. The molecule has 0 aliphatic carbocycles. The Morgan fingerprint density at radius 3 is 1.43 bits per heavy atom. The predicted octanol–water partition coefficient (Wildman–Crippen LogP) is 2.99. The summed E-state index contributed by atoms with van der Waals surface area (Å²) in [5.41, 5.74) is 0. The molecule has 0 aromatic carbocycles. The molecule has 0 bridgehead atoms. The van der Waals surface area contributed by atoms with Crippen LogP contribution in [0.3, 0.4) is 0 Å². The summed E-state index contributed by atoms with van der Waals surface area (Å²) in [4.78, 5) is 0. The summed E-state index contributed by atoms with van der Waals surface area (Å²) in [7, 11) is -10.9. The van der Waals surface area contributed by atoms with E-state index in [4.69, 9.17) is 4.18 Å². The summed E-state index contributed by atoms with van der Waals surface area (Å²) in [5.74, 6) is 0. The summed E-state index contributed by atoms with van der Waals surface area (Å²) in [6.07, 6.45) is -0.698. The van der Waals surface area contributed by atoms with Crippen molar-refractivity contribution in [3.63, 3.8) is 0 Å². The molecule has 0 aromatic rings. The van der Waals surface area contributed by atoms with Crippen LogP contribution in [0.5, 0.6) is 0 Å². The molecule has 0 fully saturated rings. The van der Waals surface area contributed by atoms with Crippen LogP contribution in [0.4, 0.5) is 0 Å². The van der Waals surface area contributed by atoms with Crippen molar-refractivity contribution in [2.75, 3.05) is 0 Å². The van der Waals surface area contributed by atoms with Crippen molar-refractivity contribution in [1.29, 1.82) is 0 Å². The van der Waals surface area contributed by atoms with Gasteiger partial charge in [-0.15, -0.1) is 0 Å². The summed E-state index contributed by atoms with van der Waals surface area (Å²) in [5, 5.41) is -1.22. The van der Waals surface area contributed by atoms with Gasteiger partial charge in [-0.2, -0.15) is 16.8 Å². The van der Waals surface area contributed by atoms with Gasteiger partial charge in [0.25, 0.3) is 20.2 Å². The largest absolute Gasteiger partial charge is 0.291 e. The molecule has 1 N–H and O–H groups in total. The molecule has 0 amide bonds. The van der Waals surface area contributed by atoms with E-state index < -0.39 is 48.9 Å². The predicted molar refractivity (Wildman–Crippen MR) is 86.9 cm³/mol. The van der Waals surface area contributed by atoms with E-state index in [2.05, 4.69) is 0 Å². The molecule has 0 aliphatic heterocycles. The molecule has 21 heavy (non-hydrogen) atoms. The molecule has 128 valence electrons. The molecule has 0 rings (SSSR count). The Morgan fingerprint density at radius 1 is 0.905 bits per heavy atom. The van der Waals surface area contributed by atoms with Crippen molar-refractivity contribution in [2.24, 2.45) is 0 Å². The highest BCUT2D eigenvalue weighted by molar-refractivity contribution is 8.13. The number of hydrogen-bond acceptors (Lipinski definition) is 5. The summed E-state index contributed by atoms with van der Waals surface area (Å²) < 4.78 is 60.8. The van der Waals surface area contributed by atoms with Crippen LogP contribution < -0.4 is 0 Å². The van der Waals surface area contributed by atoms with E-state index in [-0.39, 0.29) is 0 Å². The van der Waals surface area contributed by atoms with Gasteiger partial charge in [0.1, 0.15) is 0 Å². The highest BCUT2D eigenvalue weighted by Gasteiger charge is 2.53. The Morgan fingerprint density at radius 2 is 1.24 bits per heavy atom. The minimum atomic E-state index is -4.82. The Labute approximate surface area is 130 Å². The molecule has 0 spiro atoms. The second kappa shape index (κ2) is 6.40. The molecule has 6 nitrogen and oxygen atoms in total. The molecule has 0 saturated carbocycles. The molecule has 0 saturated heterocycles. The van der Waals surface area contributed by atoms with Gasteiger partial charge in [0.15, 0.2) is 0 Å². The normalized spacial score (nSPS) is 16.5. The molecule has 1 unspecified atom stereocenters. The molecular formula is C12H27O6PS2. The fourth-order valence-corrected chi connectivity index (χ4v) is 13.6. The first-order chi connectivity index (χ1) is 8.90. The van der Waals surface area contributed by atoms with Crippen LogP contribution in [0, 0.1) is 0 Å². The van der Waals surface area contributed by atoms with Gasteiger partial charge < -0.3 is 0 Å². The van der Waals surface area contributed by atoms with Crippen LogP contribution in [0.25, 0.3) is 0 Å². The van der Waals surface area contributed by atoms with Crippen LogP contribution in [0.15, 0.2) is 0 Å². The number of rotatable bonds is 5. The third kappa shape index (κ3) is 6.10. The van der Waals surface area contributed by atoms with Crippen molar-refractivity contribution in [3.8, 4) is 0 Å². The van der Waals surface area contributed by atoms with Crippen LogP contribution in [-0.2, 0) is 24.4 Å². The van der Waals surface area contributed by atoms with E-state index in [0.29, 0.717) is 0 Å². The van der Waals surface area contributed by atoms with E-state index in [1.165, 1.54) is 13.8 Å². The van der Waals surface area contributed by atoms with Crippen molar-refractivity contribution in [1.82, 2.24) is 0 Å². The second-order valence-corrected chi connectivity index (χ2v) is 15.3. The zero-order valence-corrected chi connectivity index (χ0v) is 16.4. The van der Waals surface area contributed by atoms with Crippen LogP contribution >= 0.6 is 7.92 Å². The van der Waals surface area contributed by atoms with E-state index >= 15 is 0 Å². The Bertz CT molecular complexity index is 538. The van der Waals surface area contributed by atoms with Crippen LogP contribution in [-0.4, -0.2) is 42.1 Å². The van der Waals surface area contributed by atoms with Gasteiger partial charge in [0, 0.05) is 0 Å². The Kier molecular flexibility index (Phi) is 6.47. The van der Waals surface area contributed by atoms with Crippen LogP contribution in [0.1, 0.15) is 55.4 Å². The molecule has 0 aromatic heterocycles. The fourth-order valence-electron chi connectivity index (χ4n) is 2.37. The third-order valence-corrected chi connectivity index (χ3v) is 11.7. The highest BCUT2D eigenvalue weighted by atomic mass is 32.3. The summed E-state index contributed by atoms with van der Waals surface area (Å²) in [6, 6.07) is 0. The monoisotopic (exact) mass is 362 g/mol. The summed E-state index contributed by atoms with van der Waals surface area (Å²) in [6.45, 7) is 13.6. The lowest BCUT2D eigenvalue weighted by Gasteiger charge is -2.44. The maximum Gasteiger partial charge on any atom is 0.291 e. The van der Waals surface area contributed by atoms with Crippen LogP contribution in [0.2, 0.25) is 0 Å². The number of hydrogen-bond donors (Lipinski definition) is 1. The lowest BCUT2D eigenvalue weighted by atomic mass is 10.2. The third-order valence-electron chi connectivity index (χ3n) is 2.48. The first-order valence-corrected chi connectivity index (χ1v) is 11.0. The van der Waals surface area contributed by atoms with E-state index in [9.17, 15) is 21.4 Å². The van der Waals surface area contributed by atoms with Gasteiger partial charge in [-0.25, -0.2) is 0 Å². The maximum atomic E-state index is 12.4. The standard InChI is InChI=1S/C12H27O6PS2/c1-9(2)18-21(16,17)10(20(13,14)15)19(11(3,4)5)12(6,7)8/h9-10H,1-8H3,(H,13,14,15). The smallest absolute Gasteiger partial charge is 0.284 e. The topological polar surface area (TPSA) is 97.7 Å². The average molecular weight is 362 g/mol. The Hall–Kier alpha value is 0.250. The molecular weight excluding hydrogens is 335 g/mol. The second-order valence-electron chi connectivity index (χ2n) is 7.17. The van der Waals surface area contributed by atoms with Gasteiger partial charge >= 0.3 is 0 Å². The minimum Gasteiger partial charge on any atom is -0.284 e.